The van der Waals surface area contributed by atoms with Gasteiger partial charge in [-0.1, -0.05) is 33.8 Å². The smallest absolute Gasteiger partial charge is 0.163 e. The third-order valence-electron chi connectivity index (χ3n) is 2.86. The molecule has 0 saturated carbocycles. The highest BCUT2D eigenvalue weighted by Crippen LogP contribution is 1.95. The van der Waals surface area contributed by atoms with Crippen molar-refractivity contribution in [3.05, 3.63) is 24.4 Å². The van der Waals surface area contributed by atoms with Gasteiger partial charge in [-0.3, -0.25) is 0 Å². The van der Waals surface area contributed by atoms with Crippen molar-refractivity contribution in [2.45, 2.75) is 53.4 Å². The summed E-state index contributed by atoms with van der Waals surface area (Å²) in [5.74, 6) is 0. The lowest BCUT2D eigenvalue weighted by molar-refractivity contribution is -2.00. The Balaban J connectivity index is 0. The van der Waals surface area contributed by atoms with Crippen molar-refractivity contribution in [1.82, 2.24) is 4.90 Å². The van der Waals surface area contributed by atoms with Gasteiger partial charge in [0.25, 0.3) is 0 Å². The van der Waals surface area contributed by atoms with E-state index in [2.05, 4.69) is 67.8 Å². The van der Waals surface area contributed by atoms with Crippen molar-refractivity contribution in [1.29, 1.82) is 0 Å². The molecule has 0 aromatic heterocycles. The van der Waals surface area contributed by atoms with Gasteiger partial charge in [-0.05, 0) is 25.1 Å². The Morgan fingerprint density at radius 1 is 0.750 bits per heavy atom. The number of allylic oxidation sites excluding steroid dienone is 3. The van der Waals surface area contributed by atoms with Crippen molar-refractivity contribution in [2.24, 2.45) is 0 Å². The van der Waals surface area contributed by atoms with E-state index in [-0.39, 0.29) is 0 Å². The summed E-state index contributed by atoms with van der Waals surface area (Å²) in [7, 11) is -4.94. The summed E-state index contributed by atoms with van der Waals surface area (Å²) in [6, 6.07) is 0. The molecule has 7 heteroatoms. The molecule has 0 aromatic rings. The van der Waals surface area contributed by atoms with Crippen molar-refractivity contribution in [2.75, 3.05) is 26.2 Å². The molecular weight excluding hydrogens is 332 g/mol. The van der Waals surface area contributed by atoms with Crippen molar-refractivity contribution >= 4 is 6.21 Å². The fraction of sp³-hybridized carbons (Fsp3) is 0.706. The van der Waals surface area contributed by atoms with E-state index in [4.69, 9.17) is 18.6 Å². The van der Waals surface area contributed by atoms with Gasteiger partial charge in [0.05, 0.1) is 0 Å². The summed E-state index contributed by atoms with van der Waals surface area (Å²) in [5.41, 5.74) is 0. The summed E-state index contributed by atoms with van der Waals surface area (Å²) in [5, 5.41) is 0. The Labute approximate surface area is 149 Å². The molecule has 0 bridgehead atoms. The molecule has 0 spiro atoms. The van der Waals surface area contributed by atoms with Crippen LogP contribution in [-0.2, 0) is 0 Å². The predicted octanol–water partition coefficient (Wildman–Crippen LogP) is -0.674. The normalized spacial score (nSPS) is 11.5. The van der Waals surface area contributed by atoms with Crippen LogP contribution in [0.3, 0.4) is 0 Å². The van der Waals surface area contributed by atoms with Gasteiger partial charge in [0, 0.05) is 32.0 Å². The Morgan fingerprint density at radius 3 is 1.58 bits per heavy atom. The molecular formula is C17H33ClN2O4. The zero-order valence-corrected chi connectivity index (χ0v) is 16.2. The third kappa shape index (κ3) is 23.3. The molecule has 0 rings (SSSR count). The van der Waals surface area contributed by atoms with Crippen LogP contribution in [0.5, 0.6) is 0 Å². The zero-order valence-electron chi connectivity index (χ0n) is 15.4. The van der Waals surface area contributed by atoms with Crippen molar-refractivity contribution in [3.8, 4) is 0 Å². The Morgan fingerprint density at radius 2 is 1.21 bits per heavy atom. The van der Waals surface area contributed by atoms with Gasteiger partial charge in [0.2, 0.25) is 0 Å². The first-order chi connectivity index (χ1) is 11.3. The first-order valence-corrected chi connectivity index (χ1v) is 9.79. The van der Waals surface area contributed by atoms with Crippen molar-refractivity contribution in [3.63, 3.8) is 0 Å². The maximum atomic E-state index is 8.49. The largest absolute Gasteiger partial charge is 0.377 e. The number of hydrogen-bond acceptors (Lipinski definition) is 5. The molecule has 0 aliphatic rings. The number of halogens is 1. The lowest BCUT2D eigenvalue weighted by atomic mass is 10.3. The van der Waals surface area contributed by atoms with Crippen LogP contribution in [0.4, 0.5) is 0 Å². The first-order valence-electron chi connectivity index (χ1n) is 8.56. The lowest BCUT2D eigenvalue weighted by Crippen LogP contribution is -2.68. The van der Waals surface area contributed by atoms with Crippen LogP contribution in [0.1, 0.15) is 53.4 Å². The highest BCUT2D eigenvalue weighted by Gasteiger charge is 1.97. The molecule has 0 radical (unpaired) electrons. The highest BCUT2D eigenvalue weighted by molar-refractivity contribution is 5.66. The van der Waals surface area contributed by atoms with Crippen LogP contribution in [0.15, 0.2) is 24.4 Å². The van der Waals surface area contributed by atoms with E-state index in [1.54, 1.807) is 0 Å². The molecule has 6 nitrogen and oxygen atoms in total. The monoisotopic (exact) mass is 364 g/mol. The Kier molecular flexibility index (Phi) is 17.9. The van der Waals surface area contributed by atoms with Crippen LogP contribution >= 0.6 is 0 Å². The topological polar surface area (TPSA) is 98.5 Å². The molecule has 0 fully saturated rings. The molecule has 0 heterocycles. The van der Waals surface area contributed by atoms with Gasteiger partial charge in [0.15, 0.2) is 6.21 Å². The molecule has 142 valence electrons. The van der Waals surface area contributed by atoms with Crippen LogP contribution in [0.2, 0.25) is 0 Å². The molecule has 0 unspecified atom stereocenters. The summed E-state index contributed by atoms with van der Waals surface area (Å²) >= 11 is 0. The number of rotatable bonds is 11. The van der Waals surface area contributed by atoms with Gasteiger partial charge >= 0.3 is 0 Å². The van der Waals surface area contributed by atoms with Crippen LogP contribution < -0.4 is 18.6 Å². The summed E-state index contributed by atoms with van der Waals surface area (Å²) in [6.07, 6.45) is 15.7. The standard InChI is InChI=1S/C17H33N2.ClHO4/c1-5-12-18(13-6-2)16-10-9-11-17-19(14-7-3)15-8-4;2-1(3,4)5/h9-11,16-17H,5-8,12-15H2,1-4H3;(H,2,3,4,5)/q+1;/p-1. The second-order valence-corrected chi connectivity index (χ2v) is 6.08. The van der Waals surface area contributed by atoms with E-state index in [1.165, 1.54) is 25.7 Å². The second kappa shape index (κ2) is 16.9. The summed E-state index contributed by atoms with van der Waals surface area (Å²) in [4.78, 5) is 2.39. The minimum atomic E-state index is -4.94. The minimum Gasteiger partial charge on any atom is -0.377 e. The number of hydrogen-bond donors (Lipinski definition) is 0. The van der Waals surface area contributed by atoms with Gasteiger partial charge in [-0.25, -0.2) is 23.2 Å². The molecule has 0 atom stereocenters. The average Bonchev–Trinajstić information content (AvgIpc) is 2.46. The highest BCUT2D eigenvalue weighted by atomic mass is 35.7. The lowest BCUT2D eigenvalue weighted by Gasteiger charge is -2.17. The minimum absolute atomic E-state index is 1.15. The zero-order chi connectivity index (χ0) is 18.8. The van der Waals surface area contributed by atoms with Crippen molar-refractivity contribution < 1.29 is 33.5 Å². The van der Waals surface area contributed by atoms with Crippen LogP contribution in [0, 0.1) is 10.2 Å². The van der Waals surface area contributed by atoms with E-state index in [9.17, 15) is 0 Å². The second-order valence-electron chi connectivity index (χ2n) is 5.33. The predicted molar refractivity (Wildman–Crippen MR) is 87.1 cm³/mol. The quantitative estimate of drug-likeness (QED) is 0.275. The van der Waals surface area contributed by atoms with Gasteiger partial charge in [0.1, 0.15) is 13.1 Å². The molecule has 0 amide bonds. The van der Waals surface area contributed by atoms with Gasteiger partial charge < -0.3 is 4.90 Å². The SMILES string of the molecule is CCCN(/C=C/C=CC=[N+](CCC)CCC)CCC.[O-][Cl+3]([O-])([O-])[O-]. The Bertz CT molecular complexity index is 346. The van der Waals surface area contributed by atoms with E-state index < -0.39 is 10.2 Å². The third-order valence-corrected chi connectivity index (χ3v) is 2.86. The van der Waals surface area contributed by atoms with Gasteiger partial charge in [-0.2, -0.15) is 0 Å². The van der Waals surface area contributed by atoms with Crippen LogP contribution in [-0.4, -0.2) is 41.9 Å². The number of nitrogens with zero attached hydrogens (tertiary/aromatic N) is 2. The summed E-state index contributed by atoms with van der Waals surface area (Å²) in [6.45, 7) is 13.5. The van der Waals surface area contributed by atoms with Crippen LogP contribution in [0.25, 0.3) is 0 Å². The van der Waals surface area contributed by atoms with E-state index >= 15 is 0 Å². The maximum Gasteiger partial charge on any atom is 0.163 e. The molecule has 0 N–H and O–H groups in total. The average molecular weight is 365 g/mol. The van der Waals surface area contributed by atoms with Gasteiger partial charge in [-0.15, -0.1) is 10.2 Å². The van der Waals surface area contributed by atoms with E-state index in [0.717, 1.165) is 26.2 Å². The molecule has 0 aromatic carbocycles. The molecule has 0 aliphatic carbocycles. The fourth-order valence-electron chi connectivity index (χ4n) is 2.08. The summed E-state index contributed by atoms with van der Waals surface area (Å²) < 4.78 is 36.4. The fourth-order valence-corrected chi connectivity index (χ4v) is 2.08. The van der Waals surface area contributed by atoms with E-state index in [0.29, 0.717) is 0 Å². The maximum absolute atomic E-state index is 8.49. The molecule has 0 saturated heterocycles. The molecule has 0 aliphatic heterocycles. The first kappa shape index (κ1) is 25.3. The Hall–Kier alpha value is -0.920. The molecule has 24 heavy (non-hydrogen) atoms. The van der Waals surface area contributed by atoms with E-state index in [1.807, 2.05) is 0 Å².